The monoisotopic (exact) mass is 254 g/mol. The molecule has 0 spiro atoms. The summed E-state index contributed by atoms with van der Waals surface area (Å²) < 4.78 is 0. The molecular formula is C14H26N2S. The van der Waals surface area contributed by atoms with Crippen molar-refractivity contribution in [2.45, 2.75) is 68.3 Å². The Bertz CT molecular complexity index is 259. The van der Waals surface area contributed by atoms with Crippen molar-refractivity contribution in [1.82, 2.24) is 10.2 Å². The van der Waals surface area contributed by atoms with Crippen molar-refractivity contribution in [1.29, 1.82) is 0 Å². The molecule has 17 heavy (non-hydrogen) atoms. The van der Waals surface area contributed by atoms with Crippen LogP contribution in [0.5, 0.6) is 0 Å². The minimum absolute atomic E-state index is 0.808. The summed E-state index contributed by atoms with van der Waals surface area (Å²) in [6.07, 6.45) is 12.2. The maximum atomic E-state index is 4.00. The predicted octanol–water partition coefficient (Wildman–Crippen LogP) is 2.49. The SMILES string of the molecule is CSC1CCCC(NC2CCN3CCCC23)C1. The summed E-state index contributed by atoms with van der Waals surface area (Å²) in [7, 11) is 0. The van der Waals surface area contributed by atoms with Crippen LogP contribution >= 0.6 is 11.8 Å². The van der Waals surface area contributed by atoms with E-state index in [0.717, 1.165) is 23.4 Å². The third-order valence-electron chi connectivity index (χ3n) is 5.02. The topological polar surface area (TPSA) is 15.3 Å². The maximum Gasteiger partial charge on any atom is 0.0250 e. The lowest BCUT2D eigenvalue weighted by Gasteiger charge is -2.32. The van der Waals surface area contributed by atoms with Gasteiger partial charge in [0.15, 0.2) is 0 Å². The highest BCUT2D eigenvalue weighted by molar-refractivity contribution is 7.99. The zero-order valence-corrected chi connectivity index (χ0v) is 11.8. The van der Waals surface area contributed by atoms with Crippen molar-refractivity contribution in [3.05, 3.63) is 0 Å². The number of hydrogen-bond donors (Lipinski definition) is 1. The van der Waals surface area contributed by atoms with Gasteiger partial charge in [-0.25, -0.2) is 0 Å². The Hall–Kier alpha value is 0.270. The molecule has 0 bridgehead atoms. The maximum absolute atomic E-state index is 4.00. The number of fused-ring (bicyclic) bond motifs is 1. The molecule has 98 valence electrons. The molecule has 1 aliphatic carbocycles. The van der Waals surface area contributed by atoms with Crippen LogP contribution in [0.4, 0.5) is 0 Å². The number of rotatable bonds is 3. The molecule has 2 nitrogen and oxygen atoms in total. The van der Waals surface area contributed by atoms with Gasteiger partial charge >= 0.3 is 0 Å². The molecule has 2 saturated heterocycles. The molecule has 1 N–H and O–H groups in total. The van der Waals surface area contributed by atoms with Crippen LogP contribution < -0.4 is 5.32 Å². The Labute approximate surface area is 110 Å². The lowest BCUT2D eigenvalue weighted by atomic mass is 9.93. The molecule has 4 unspecified atom stereocenters. The molecule has 2 heterocycles. The fraction of sp³-hybridized carbons (Fsp3) is 1.00. The highest BCUT2D eigenvalue weighted by Gasteiger charge is 2.38. The number of hydrogen-bond acceptors (Lipinski definition) is 3. The lowest BCUT2D eigenvalue weighted by molar-refractivity contribution is 0.272. The smallest absolute Gasteiger partial charge is 0.0250 e. The Morgan fingerprint density at radius 3 is 2.88 bits per heavy atom. The Kier molecular flexibility index (Phi) is 3.98. The average Bonchev–Trinajstić information content (AvgIpc) is 2.94. The molecule has 3 fully saturated rings. The second-order valence-electron chi connectivity index (χ2n) is 6.03. The highest BCUT2D eigenvalue weighted by atomic mass is 32.2. The first-order chi connectivity index (χ1) is 8.36. The van der Waals surface area contributed by atoms with Gasteiger partial charge < -0.3 is 5.32 Å². The van der Waals surface area contributed by atoms with Gasteiger partial charge in [-0.05, 0) is 51.3 Å². The van der Waals surface area contributed by atoms with Crippen LogP contribution in [0.1, 0.15) is 44.9 Å². The quantitative estimate of drug-likeness (QED) is 0.833. The van der Waals surface area contributed by atoms with Gasteiger partial charge in [0.25, 0.3) is 0 Å². The average molecular weight is 254 g/mol. The first-order valence-electron chi connectivity index (χ1n) is 7.39. The molecule has 2 aliphatic heterocycles. The van der Waals surface area contributed by atoms with Gasteiger partial charge in [-0.2, -0.15) is 11.8 Å². The highest BCUT2D eigenvalue weighted by Crippen LogP contribution is 2.31. The third kappa shape index (κ3) is 2.66. The van der Waals surface area contributed by atoms with Gasteiger partial charge in [-0.1, -0.05) is 6.42 Å². The first kappa shape index (κ1) is 12.3. The van der Waals surface area contributed by atoms with E-state index in [2.05, 4.69) is 28.2 Å². The molecule has 0 aromatic carbocycles. The minimum Gasteiger partial charge on any atom is -0.310 e. The minimum atomic E-state index is 0.808. The van der Waals surface area contributed by atoms with E-state index < -0.39 is 0 Å². The van der Waals surface area contributed by atoms with Gasteiger partial charge in [0.2, 0.25) is 0 Å². The van der Waals surface area contributed by atoms with Crippen LogP contribution in [0.3, 0.4) is 0 Å². The van der Waals surface area contributed by atoms with Crippen LogP contribution in [-0.2, 0) is 0 Å². The zero-order valence-electron chi connectivity index (χ0n) is 11.0. The van der Waals surface area contributed by atoms with Crippen molar-refractivity contribution in [2.75, 3.05) is 19.3 Å². The molecule has 1 saturated carbocycles. The Morgan fingerprint density at radius 2 is 2.00 bits per heavy atom. The molecule has 3 rings (SSSR count). The van der Waals surface area contributed by atoms with E-state index in [1.54, 1.807) is 0 Å². The van der Waals surface area contributed by atoms with E-state index in [0.29, 0.717) is 0 Å². The van der Waals surface area contributed by atoms with Crippen molar-refractivity contribution < 1.29 is 0 Å². The summed E-state index contributed by atoms with van der Waals surface area (Å²) in [6.45, 7) is 2.71. The molecule has 4 atom stereocenters. The van der Waals surface area contributed by atoms with E-state index in [1.165, 1.54) is 58.0 Å². The van der Waals surface area contributed by atoms with E-state index >= 15 is 0 Å². The van der Waals surface area contributed by atoms with Crippen LogP contribution in [0.25, 0.3) is 0 Å². The standard InChI is InChI=1S/C14H26N2S/c1-17-12-5-2-4-11(10-12)15-13-7-9-16-8-3-6-14(13)16/h11-15H,2-10H2,1H3. The Morgan fingerprint density at radius 1 is 1.06 bits per heavy atom. The Balaban J connectivity index is 1.52. The normalized spacial score (nSPS) is 42.9. The van der Waals surface area contributed by atoms with Gasteiger partial charge in [-0.3, -0.25) is 4.90 Å². The molecule has 0 aromatic rings. The fourth-order valence-corrected chi connectivity index (χ4v) is 4.92. The van der Waals surface area contributed by atoms with E-state index in [1.807, 2.05) is 0 Å². The molecule has 3 aliphatic rings. The molecule has 0 radical (unpaired) electrons. The molecule has 0 aromatic heterocycles. The number of nitrogens with zero attached hydrogens (tertiary/aromatic N) is 1. The van der Waals surface area contributed by atoms with E-state index in [9.17, 15) is 0 Å². The summed E-state index contributed by atoms with van der Waals surface area (Å²) in [5, 5.41) is 4.92. The van der Waals surface area contributed by atoms with Crippen LogP contribution in [0.15, 0.2) is 0 Å². The van der Waals surface area contributed by atoms with Crippen LogP contribution in [0.2, 0.25) is 0 Å². The second kappa shape index (κ2) is 5.50. The van der Waals surface area contributed by atoms with E-state index in [4.69, 9.17) is 0 Å². The summed E-state index contributed by atoms with van der Waals surface area (Å²) in [6, 6.07) is 2.50. The van der Waals surface area contributed by atoms with Gasteiger partial charge in [0.05, 0.1) is 0 Å². The van der Waals surface area contributed by atoms with Crippen molar-refractivity contribution in [2.24, 2.45) is 0 Å². The van der Waals surface area contributed by atoms with Gasteiger partial charge in [0, 0.05) is 29.9 Å². The lowest BCUT2D eigenvalue weighted by Crippen LogP contribution is -2.46. The molecule has 3 heteroatoms. The number of nitrogens with one attached hydrogen (secondary N) is 1. The summed E-state index contributed by atoms with van der Waals surface area (Å²) in [5.74, 6) is 0. The van der Waals surface area contributed by atoms with Crippen molar-refractivity contribution in [3.63, 3.8) is 0 Å². The van der Waals surface area contributed by atoms with Gasteiger partial charge in [0.1, 0.15) is 0 Å². The largest absolute Gasteiger partial charge is 0.310 e. The van der Waals surface area contributed by atoms with Crippen molar-refractivity contribution >= 4 is 11.8 Å². The van der Waals surface area contributed by atoms with Crippen molar-refractivity contribution in [3.8, 4) is 0 Å². The first-order valence-corrected chi connectivity index (χ1v) is 8.68. The predicted molar refractivity (Wildman–Crippen MR) is 75.7 cm³/mol. The summed E-state index contributed by atoms with van der Waals surface area (Å²) in [5.41, 5.74) is 0. The summed E-state index contributed by atoms with van der Waals surface area (Å²) >= 11 is 2.08. The zero-order chi connectivity index (χ0) is 11.7. The second-order valence-corrected chi connectivity index (χ2v) is 7.17. The number of thioether (sulfide) groups is 1. The van der Waals surface area contributed by atoms with Gasteiger partial charge in [-0.15, -0.1) is 0 Å². The fourth-order valence-electron chi connectivity index (χ4n) is 4.09. The van der Waals surface area contributed by atoms with Crippen LogP contribution in [-0.4, -0.2) is 47.6 Å². The molecule has 0 amide bonds. The third-order valence-corrected chi connectivity index (χ3v) is 6.11. The molecular weight excluding hydrogens is 228 g/mol. The summed E-state index contributed by atoms with van der Waals surface area (Å²) in [4.78, 5) is 2.71. The van der Waals surface area contributed by atoms with E-state index in [-0.39, 0.29) is 0 Å². The van der Waals surface area contributed by atoms with Crippen LogP contribution in [0, 0.1) is 0 Å².